The highest BCUT2D eigenvalue weighted by atomic mass is 32.1. The van der Waals surface area contributed by atoms with Crippen LogP contribution in [0.25, 0.3) is 87.7 Å². The number of benzene rings is 7. The molecule has 0 aliphatic rings. The van der Waals surface area contributed by atoms with Gasteiger partial charge in [0.25, 0.3) is 0 Å². The van der Waals surface area contributed by atoms with Gasteiger partial charge in [-0.15, -0.1) is 11.3 Å². The normalized spacial score (nSPS) is 11.3. The fourth-order valence-corrected chi connectivity index (χ4v) is 7.62. The summed E-state index contributed by atoms with van der Waals surface area (Å²) in [6.07, 6.45) is 0. The van der Waals surface area contributed by atoms with Crippen LogP contribution in [0.1, 0.15) is 0 Å². The zero-order valence-electron chi connectivity index (χ0n) is 26.5. The molecule has 0 aliphatic carbocycles. The van der Waals surface area contributed by atoms with Gasteiger partial charge in [0.1, 0.15) is 0 Å². The fourth-order valence-electron chi connectivity index (χ4n) is 6.49. The first-order valence-corrected chi connectivity index (χ1v) is 17.2. The quantitative estimate of drug-likeness (QED) is 0.181. The first-order chi connectivity index (χ1) is 24.3. The number of fused-ring (bicyclic) bond motifs is 3. The molecular weight excluding hydrogens is 615 g/mol. The second-order valence-electron chi connectivity index (χ2n) is 12.1. The standard InChI is InChI=1S/C45H29N3S/c1-3-11-30(12-4-1)32-21-25-34(26-22-32)43-46-44(35-27-23-33(24-28-35)31-13-5-2-6-14-31)48-45(47-43)37-16-9-15-36(29-37)38-18-10-20-41-42(38)39-17-7-8-19-40(39)49-41/h1-29H. The molecule has 0 N–H and O–H groups in total. The molecule has 0 radical (unpaired) electrons. The number of rotatable bonds is 6. The van der Waals surface area contributed by atoms with Crippen LogP contribution in [0.15, 0.2) is 176 Å². The minimum Gasteiger partial charge on any atom is -0.208 e. The van der Waals surface area contributed by atoms with Crippen molar-refractivity contribution in [2.75, 3.05) is 0 Å². The lowest BCUT2D eigenvalue weighted by Gasteiger charge is -2.11. The second kappa shape index (κ2) is 12.4. The third-order valence-corrected chi connectivity index (χ3v) is 10.1. The van der Waals surface area contributed by atoms with Gasteiger partial charge >= 0.3 is 0 Å². The first-order valence-electron chi connectivity index (χ1n) is 16.4. The van der Waals surface area contributed by atoms with Crippen LogP contribution in [0.5, 0.6) is 0 Å². The SMILES string of the molecule is c1ccc(-c2ccc(-c3nc(-c4ccc(-c5ccccc5)cc4)nc(-c4cccc(-c5cccc6sc7ccccc7c56)c4)n3)cc2)cc1. The molecular formula is C45H29N3S. The van der Waals surface area contributed by atoms with Gasteiger partial charge in [0.2, 0.25) is 0 Å². The lowest BCUT2D eigenvalue weighted by atomic mass is 9.98. The minimum absolute atomic E-state index is 0.642. The molecule has 0 atom stereocenters. The minimum atomic E-state index is 0.642. The summed E-state index contributed by atoms with van der Waals surface area (Å²) >= 11 is 1.84. The Balaban J connectivity index is 1.16. The lowest BCUT2D eigenvalue weighted by Crippen LogP contribution is -2.00. The van der Waals surface area contributed by atoms with Crippen LogP contribution in [0, 0.1) is 0 Å². The molecule has 230 valence electrons. The van der Waals surface area contributed by atoms with Crippen molar-refractivity contribution in [1.82, 2.24) is 15.0 Å². The molecule has 49 heavy (non-hydrogen) atoms. The third-order valence-electron chi connectivity index (χ3n) is 8.97. The molecule has 2 aromatic heterocycles. The molecule has 7 aromatic carbocycles. The van der Waals surface area contributed by atoms with E-state index in [0.717, 1.165) is 33.4 Å². The molecule has 9 aromatic rings. The smallest absolute Gasteiger partial charge is 0.164 e. The van der Waals surface area contributed by atoms with E-state index in [2.05, 4.69) is 164 Å². The number of aromatic nitrogens is 3. The predicted molar refractivity (Wildman–Crippen MR) is 205 cm³/mol. The van der Waals surface area contributed by atoms with Gasteiger partial charge in [0.05, 0.1) is 0 Å². The Morgan fingerprint density at radius 2 is 0.735 bits per heavy atom. The number of hydrogen-bond acceptors (Lipinski definition) is 4. The van der Waals surface area contributed by atoms with E-state index in [0.29, 0.717) is 17.5 Å². The van der Waals surface area contributed by atoms with Crippen molar-refractivity contribution in [2.45, 2.75) is 0 Å². The summed E-state index contributed by atoms with van der Waals surface area (Å²) < 4.78 is 2.58. The summed E-state index contributed by atoms with van der Waals surface area (Å²) in [4.78, 5) is 15.2. The third kappa shape index (κ3) is 5.58. The van der Waals surface area contributed by atoms with E-state index in [1.807, 2.05) is 23.5 Å². The van der Waals surface area contributed by atoms with Crippen molar-refractivity contribution in [3.05, 3.63) is 176 Å². The van der Waals surface area contributed by atoms with Gasteiger partial charge < -0.3 is 0 Å². The number of thiophene rings is 1. The van der Waals surface area contributed by atoms with E-state index in [9.17, 15) is 0 Å². The summed E-state index contributed by atoms with van der Waals surface area (Å²) in [7, 11) is 0. The molecule has 0 unspecified atom stereocenters. The van der Waals surface area contributed by atoms with Crippen LogP contribution in [-0.2, 0) is 0 Å². The van der Waals surface area contributed by atoms with Gasteiger partial charge in [-0.3, -0.25) is 0 Å². The molecule has 0 amide bonds. The monoisotopic (exact) mass is 643 g/mol. The molecule has 9 rings (SSSR count). The van der Waals surface area contributed by atoms with Crippen LogP contribution in [0.4, 0.5) is 0 Å². The molecule has 0 bridgehead atoms. The molecule has 4 heteroatoms. The lowest BCUT2D eigenvalue weighted by molar-refractivity contribution is 1.07. The van der Waals surface area contributed by atoms with E-state index < -0.39 is 0 Å². The van der Waals surface area contributed by atoms with E-state index in [1.54, 1.807) is 0 Å². The highest BCUT2D eigenvalue weighted by Gasteiger charge is 2.15. The van der Waals surface area contributed by atoms with E-state index in [-0.39, 0.29) is 0 Å². The highest BCUT2D eigenvalue weighted by molar-refractivity contribution is 7.25. The van der Waals surface area contributed by atoms with Crippen LogP contribution in [0.2, 0.25) is 0 Å². The zero-order valence-corrected chi connectivity index (χ0v) is 27.3. The van der Waals surface area contributed by atoms with Gasteiger partial charge in [-0.25, -0.2) is 15.0 Å². The predicted octanol–water partition coefficient (Wildman–Crippen LogP) is 12.2. The number of nitrogens with zero attached hydrogens (tertiary/aromatic N) is 3. The molecule has 0 spiro atoms. The van der Waals surface area contributed by atoms with Crippen molar-refractivity contribution in [3.63, 3.8) is 0 Å². The van der Waals surface area contributed by atoms with Crippen molar-refractivity contribution in [3.8, 4) is 67.5 Å². The Labute approximate surface area is 288 Å². The Morgan fingerprint density at radius 3 is 1.35 bits per heavy atom. The zero-order chi connectivity index (χ0) is 32.6. The van der Waals surface area contributed by atoms with E-state index in [4.69, 9.17) is 15.0 Å². The molecule has 0 saturated carbocycles. The van der Waals surface area contributed by atoms with Crippen molar-refractivity contribution in [2.24, 2.45) is 0 Å². The average molecular weight is 644 g/mol. The summed E-state index contributed by atoms with van der Waals surface area (Å²) in [5.41, 5.74) is 9.82. The topological polar surface area (TPSA) is 38.7 Å². The van der Waals surface area contributed by atoms with Crippen molar-refractivity contribution >= 4 is 31.5 Å². The maximum Gasteiger partial charge on any atom is 0.164 e. The second-order valence-corrected chi connectivity index (χ2v) is 13.1. The van der Waals surface area contributed by atoms with E-state index in [1.165, 1.54) is 36.9 Å². The van der Waals surface area contributed by atoms with Crippen LogP contribution < -0.4 is 0 Å². The van der Waals surface area contributed by atoms with Crippen molar-refractivity contribution < 1.29 is 0 Å². The fraction of sp³-hybridized carbons (Fsp3) is 0. The molecule has 0 fully saturated rings. The largest absolute Gasteiger partial charge is 0.208 e. The summed E-state index contributed by atoms with van der Waals surface area (Å²) in [5, 5.41) is 2.57. The Kier molecular flexibility index (Phi) is 7.34. The van der Waals surface area contributed by atoms with Crippen LogP contribution in [-0.4, -0.2) is 15.0 Å². The van der Waals surface area contributed by atoms with Gasteiger partial charge in [0.15, 0.2) is 17.5 Å². The summed E-state index contributed by atoms with van der Waals surface area (Å²) in [5.74, 6) is 1.93. The first kappa shape index (κ1) is 29.0. The summed E-state index contributed by atoms with van der Waals surface area (Å²) in [6.45, 7) is 0. The molecule has 0 aliphatic heterocycles. The average Bonchev–Trinajstić information content (AvgIpc) is 3.58. The van der Waals surface area contributed by atoms with Crippen LogP contribution >= 0.6 is 11.3 Å². The van der Waals surface area contributed by atoms with Gasteiger partial charge in [0, 0.05) is 36.9 Å². The van der Waals surface area contributed by atoms with Gasteiger partial charge in [-0.1, -0.05) is 158 Å². The highest BCUT2D eigenvalue weighted by Crippen LogP contribution is 2.40. The number of hydrogen-bond donors (Lipinski definition) is 0. The van der Waals surface area contributed by atoms with Crippen LogP contribution in [0.3, 0.4) is 0 Å². The van der Waals surface area contributed by atoms with E-state index >= 15 is 0 Å². The molecule has 3 nitrogen and oxygen atoms in total. The molecule has 0 saturated heterocycles. The van der Waals surface area contributed by atoms with Gasteiger partial charge in [-0.2, -0.15) is 0 Å². The Bertz CT molecular complexity index is 2470. The Hall–Kier alpha value is -6.23. The maximum atomic E-state index is 5.08. The Morgan fingerprint density at radius 1 is 0.306 bits per heavy atom. The van der Waals surface area contributed by atoms with Gasteiger partial charge in [-0.05, 0) is 51.6 Å². The van der Waals surface area contributed by atoms with Crippen molar-refractivity contribution in [1.29, 1.82) is 0 Å². The maximum absolute atomic E-state index is 5.08. The molecule has 2 heterocycles. The summed E-state index contributed by atoms with van der Waals surface area (Å²) in [6, 6.07) is 61.6.